The standard InChI is InChI=1S/CCl2F3PS/c2-7(3)8-1(4,5)6. The predicted octanol–water partition coefficient (Wildman–Crippen LogP) is 3.94. The van der Waals surface area contributed by atoms with Crippen molar-refractivity contribution in [2.45, 2.75) is 5.51 Å². The van der Waals surface area contributed by atoms with Crippen molar-refractivity contribution in [3.63, 3.8) is 0 Å². The highest BCUT2D eigenvalue weighted by Crippen LogP contribution is 2.64. The Hall–Kier alpha value is 1.15. The molecule has 0 nitrogen and oxygen atoms in total. The van der Waals surface area contributed by atoms with Crippen LogP contribution in [0.5, 0.6) is 0 Å². The largest absolute Gasteiger partial charge is 0.448 e. The molecule has 0 aromatic rings. The van der Waals surface area contributed by atoms with E-state index in [4.69, 9.17) is 22.5 Å². The molecule has 0 aliphatic heterocycles. The minimum atomic E-state index is -4.30. The molecule has 0 heterocycles. The van der Waals surface area contributed by atoms with Gasteiger partial charge in [0.05, 0.1) is 0 Å². The number of hydrogen-bond acceptors (Lipinski definition) is 1. The van der Waals surface area contributed by atoms with Gasteiger partial charge in [0, 0.05) is 11.4 Å². The summed E-state index contributed by atoms with van der Waals surface area (Å²) < 4.78 is 33.4. The quantitative estimate of drug-likeness (QED) is 0.581. The van der Waals surface area contributed by atoms with E-state index < -0.39 is 22.7 Å². The molecule has 0 atom stereocenters. The van der Waals surface area contributed by atoms with E-state index in [0.29, 0.717) is 0 Å². The lowest BCUT2D eigenvalue weighted by Crippen LogP contribution is -1.95. The Morgan fingerprint density at radius 3 is 1.62 bits per heavy atom. The molecule has 8 heavy (non-hydrogen) atoms. The van der Waals surface area contributed by atoms with Crippen LogP contribution in [-0.2, 0) is 0 Å². The molecule has 0 rings (SSSR count). The Morgan fingerprint density at radius 2 is 1.62 bits per heavy atom. The van der Waals surface area contributed by atoms with Crippen LogP contribution in [0.3, 0.4) is 0 Å². The van der Waals surface area contributed by atoms with Gasteiger partial charge < -0.3 is 0 Å². The summed E-state index contributed by atoms with van der Waals surface area (Å²) in [6.07, 6.45) is 0. The van der Waals surface area contributed by atoms with Crippen molar-refractivity contribution >= 4 is 39.7 Å². The van der Waals surface area contributed by atoms with Gasteiger partial charge in [-0.05, 0) is 0 Å². The highest BCUT2D eigenvalue weighted by Gasteiger charge is 2.31. The lowest BCUT2D eigenvalue weighted by atomic mass is 11.6. The summed E-state index contributed by atoms with van der Waals surface area (Å²) in [7, 11) is 0. The van der Waals surface area contributed by atoms with Crippen LogP contribution >= 0.6 is 39.7 Å². The molecule has 0 aliphatic carbocycles. The Kier molecular flexibility index (Phi) is 3.83. The lowest BCUT2D eigenvalue weighted by molar-refractivity contribution is -0.0311. The van der Waals surface area contributed by atoms with Crippen molar-refractivity contribution in [2.24, 2.45) is 0 Å². The maximum Gasteiger partial charge on any atom is 0.448 e. The topological polar surface area (TPSA) is 0 Å². The summed E-state index contributed by atoms with van der Waals surface area (Å²) in [6.45, 7) is 0. The van der Waals surface area contributed by atoms with Gasteiger partial charge >= 0.3 is 5.51 Å². The second-order valence-corrected chi connectivity index (χ2v) is 7.18. The molecule has 0 saturated carbocycles. The molecule has 0 fully saturated rings. The van der Waals surface area contributed by atoms with E-state index in [2.05, 4.69) is 0 Å². The fourth-order valence-electron chi connectivity index (χ4n) is 0.0782. The van der Waals surface area contributed by atoms with Crippen LogP contribution in [0.4, 0.5) is 13.2 Å². The summed E-state index contributed by atoms with van der Waals surface area (Å²) >= 11 is 9.28. The molecule has 0 unspecified atom stereocenters. The van der Waals surface area contributed by atoms with Crippen LogP contribution in [0, 0.1) is 0 Å². The van der Waals surface area contributed by atoms with Gasteiger partial charge in [-0.1, -0.05) is 22.5 Å². The van der Waals surface area contributed by atoms with Gasteiger partial charge in [-0.25, -0.2) is 0 Å². The van der Waals surface area contributed by atoms with Crippen LogP contribution in [0.15, 0.2) is 0 Å². The Balaban J connectivity index is 3.39. The first-order valence-corrected chi connectivity index (χ1v) is 5.87. The van der Waals surface area contributed by atoms with Gasteiger partial charge in [0.15, 0.2) is 5.83 Å². The number of alkyl halides is 3. The van der Waals surface area contributed by atoms with Gasteiger partial charge in [0.25, 0.3) is 0 Å². The van der Waals surface area contributed by atoms with Crippen LogP contribution < -0.4 is 0 Å². The first-order valence-electron chi connectivity index (χ1n) is 1.29. The normalized spacial score (nSPS) is 12.8. The third kappa shape index (κ3) is 7.15. The van der Waals surface area contributed by atoms with Gasteiger partial charge in [-0.3, -0.25) is 0 Å². The molecule has 0 amide bonds. The van der Waals surface area contributed by atoms with Crippen molar-refractivity contribution in [1.29, 1.82) is 0 Å². The van der Waals surface area contributed by atoms with Crippen LogP contribution in [-0.4, -0.2) is 5.51 Å². The smallest absolute Gasteiger partial charge is 0.160 e. The highest BCUT2D eigenvalue weighted by molar-refractivity contribution is 8.70. The molecule has 0 radical (unpaired) electrons. The van der Waals surface area contributed by atoms with Crippen LogP contribution in [0.25, 0.3) is 0 Å². The van der Waals surface area contributed by atoms with E-state index in [1.54, 1.807) is 0 Å². The van der Waals surface area contributed by atoms with E-state index in [9.17, 15) is 13.2 Å². The van der Waals surface area contributed by atoms with E-state index in [1.807, 2.05) is 0 Å². The second-order valence-electron chi connectivity index (χ2n) is 0.739. The Bertz CT molecular complexity index is 72.2. The first-order chi connectivity index (χ1) is 3.42. The molecule has 7 heteroatoms. The zero-order valence-electron chi connectivity index (χ0n) is 3.25. The van der Waals surface area contributed by atoms with Gasteiger partial charge in [0.1, 0.15) is 0 Å². The van der Waals surface area contributed by atoms with Crippen molar-refractivity contribution < 1.29 is 13.2 Å². The van der Waals surface area contributed by atoms with Crippen molar-refractivity contribution in [3.8, 4) is 0 Å². The average molecular weight is 203 g/mol. The number of rotatable bonds is 1. The van der Waals surface area contributed by atoms with Crippen molar-refractivity contribution in [1.82, 2.24) is 0 Å². The van der Waals surface area contributed by atoms with E-state index in [-0.39, 0.29) is 0 Å². The summed E-state index contributed by atoms with van der Waals surface area (Å²) in [5.74, 6) is -1.95. The summed E-state index contributed by atoms with van der Waals surface area (Å²) in [6, 6.07) is 0. The average Bonchev–Trinajstić information content (AvgIpc) is 1.21. The summed E-state index contributed by atoms with van der Waals surface area (Å²) in [5.41, 5.74) is -4.30. The maximum atomic E-state index is 11.1. The molecule has 0 aromatic carbocycles. The van der Waals surface area contributed by atoms with E-state index >= 15 is 0 Å². The van der Waals surface area contributed by atoms with Gasteiger partial charge in [-0.15, -0.1) is 0 Å². The first kappa shape index (κ1) is 9.15. The fraction of sp³-hybridized carbons (Fsp3) is 1.00. The van der Waals surface area contributed by atoms with Crippen molar-refractivity contribution in [2.75, 3.05) is 0 Å². The highest BCUT2D eigenvalue weighted by atomic mass is 35.9. The molecular weight excluding hydrogens is 203 g/mol. The van der Waals surface area contributed by atoms with Gasteiger partial charge in [-0.2, -0.15) is 13.2 Å². The summed E-state index contributed by atoms with van der Waals surface area (Å²) in [5, 5.41) is 0. The Labute approximate surface area is 58.8 Å². The Morgan fingerprint density at radius 1 is 1.25 bits per heavy atom. The molecular formula is CCl2F3PS. The molecule has 0 saturated heterocycles. The zero-order valence-corrected chi connectivity index (χ0v) is 6.47. The molecule has 50 valence electrons. The molecule has 0 spiro atoms. The van der Waals surface area contributed by atoms with Gasteiger partial charge in [0.2, 0.25) is 0 Å². The SMILES string of the molecule is FC(F)(F)SP(Cl)Cl. The van der Waals surface area contributed by atoms with E-state index in [0.717, 1.165) is 0 Å². The predicted molar refractivity (Wildman–Crippen MR) is 32.3 cm³/mol. The third-order valence-corrected chi connectivity index (χ3v) is 2.79. The third-order valence-electron chi connectivity index (χ3n) is 0.173. The maximum absolute atomic E-state index is 11.1. The monoisotopic (exact) mass is 202 g/mol. The second kappa shape index (κ2) is 3.35. The molecule has 0 N–H and O–H groups in total. The van der Waals surface area contributed by atoms with Crippen LogP contribution in [0.1, 0.15) is 0 Å². The zero-order chi connectivity index (χ0) is 6.78. The fourth-order valence-corrected chi connectivity index (χ4v) is 2.11. The number of hydrogen-bond donors (Lipinski definition) is 0. The minimum absolute atomic E-state index is 0.393. The molecule has 0 bridgehead atoms. The minimum Gasteiger partial charge on any atom is -0.160 e. The summed E-state index contributed by atoms with van der Waals surface area (Å²) in [4.78, 5) is 0. The molecule has 0 aromatic heterocycles. The van der Waals surface area contributed by atoms with Crippen LogP contribution in [0.2, 0.25) is 0 Å². The number of halogens is 5. The van der Waals surface area contributed by atoms with Crippen molar-refractivity contribution in [3.05, 3.63) is 0 Å². The molecule has 0 aliphatic rings. The lowest BCUT2D eigenvalue weighted by Gasteiger charge is -2.02. The van der Waals surface area contributed by atoms with E-state index in [1.165, 1.54) is 0 Å².